The monoisotopic (exact) mass is 492 g/mol. The van der Waals surface area contributed by atoms with Gasteiger partial charge in [0.25, 0.3) is 5.91 Å². The van der Waals surface area contributed by atoms with Crippen LogP contribution in [-0.4, -0.2) is 46.1 Å². The van der Waals surface area contributed by atoms with Crippen molar-refractivity contribution in [3.63, 3.8) is 0 Å². The summed E-state index contributed by atoms with van der Waals surface area (Å²) in [6.07, 6.45) is 0.358. The topological polar surface area (TPSA) is 89.9 Å². The molecule has 0 bridgehead atoms. The molecule has 3 N–H and O–H groups in total. The number of likely N-dealkylation sites (tertiary alicyclic amines) is 1. The zero-order chi connectivity index (χ0) is 24.6. The molecule has 0 aromatic heterocycles. The van der Waals surface area contributed by atoms with Crippen molar-refractivity contribution < 1.29 is 19.8 Å². The molecule has 1 heterocycles. The number of phenolic OH excluding ortho intramolecular Hbond substituents is 1. The number of piperidine rings is 1. The molecule has 1 saturated heterocycles. The quantitative estimate of drug-likeness (QED) is 0.568. The first kappa shape index (κ1) is 25.3. The van der Waals surface area contributed by atoms with E-state index in [1.54, 1.807) is 17.0 Å². The van der Waals surface area contributed by atoms with Gasteiger partial charge in [0.1, 0.15) is 11.8 Å². The van der Waals surface area contributed by atoms with Crippen molar-refractivity contribution in [2.45, 2.75) is 45.8 Å². The highest BCUT2D eigenvalue weighted by Gasteiger charge is 2.50. The highest BCUT2D eigenvalue weighted by molar-refractivity contribution is 6.32. The molecule has 0 radical (unpaired) electrons. The maximum absolute atomic E-state index is 13.4. The smallest absolute Gasteiger partial charge is 0.252 e. The lowest BCUT2D eigenvalue weighted by Crippen LogP contribution is -2.60. The maximum atomic E-state index is 13.4. The van der Waals surface area contributed by atoms with E-state index in [0.717, 1.165) is 5.56 Å². The van der Waals surface area contributed by atoms with Crippen molar-refractivity contribution in [1.82, 2.24) is 10.2 Å². The minimum absolute atomic E-state index is 0.145. The molecule has 0 aliphatic carbocycles. The molecule has 1 aliphatic heterocycles. The molecule has 2 aromatic rings. The van der Waals surface area contributed by atoms with Gasteiger partial charge in [0.2, 0.25) is 5.91 Å². The molecule has 2 atom stereocenters. The molecule has 3 rings (SSSR count). The van der Waals surface area contributed by atoms with Crippen LogP contribution >= 0.6 is 23.2 Å². The summed E-state index contributed by atoms with van der Waals surface area (Å²) in [5, 5.41) is 24.9. The Morgan fingerprint density at radius 1 is 1.09 bits per heavy atom. The van der Waals surface area contributed by atoms with E-state index in [2.05, 4.69) is 5.32 Å². The summed E-state index contributed by atoms with van der Waals surface area (Å²) in [5.41, 5.74) is -0.778. The van der Waals surface area contributed by atoms with Crippen LogP contribution in [-0.2, 0) is 10.4 Å². The Morgan fingerprint density at radius 3 is 2.27 bits per heavy atom. The zero-order valence-electron chi connectivity index (χ0n) is 19.2. The van der Waals surface area contributed by atoms with Gasteiger partial charge in [-0.05, 0) is 48.2 Å². The summed E-state index contributed by atoms with van der Waals surface area (Å²) in [4.78, 5) is 27.9. The first-order chi connectivity index (χ1) is 15.4. The van der Waals surface area contributed by atoms with E-state index in [0.29, 0.717) is 24.5 Å². The largest absolute Gasteiger partial charge is 0.506 e. The molecule has 0 unspecified atom stereocenters. The number of aliphatic hydroxyl groups is 1. The Labute approximate surface area is 204 Å². The lowest BCUT2D eigenvalue weighted by Gasteiger charge is -2.51. The van der Waals surface area contributed by atoms with Gasteiger partial charge in [-0.1, -0.05) is 63.0 Å². The van der Waals surface area contributed by atoms with Crippen LogP contribution in [0.15, 0.2) is 42.5 Å². The lowest BCUT2D eigenvalue weighted by molar-refractivity contribution is -0.155. The molecule has 33 heavy (non-hydrogen) atoms. The number of hydrogen-bond donors (Lipinski definition) is 3. The number of rotatable bonds is 5. The Kier molecular flexibility index (Phi) is 7.32. The number of aromatic hydroxyl groups is 1. The molecule has 1 aliphatic rings. The molecule has 0 saturated carbocycles. The number of nitrogens with one attached hydrogen (secondary N) is 1. The molecular weight excluding hydrogens is 463 g/mol. The van der Waals surface area contributed by atoms with Crippen LogP contribution in [0.1, 0.15) is 50.0 Å². The van der Waals surface area contributed by atoms with Crippen molar-refractivity contribution in [1.29, 1.82) is 0 Å². The number of carbonyl (C=O) groups is 2. The lowest BCUT2D eigenvalue weighted by atomic mass is 9.66. The van der Waals surface area contributed by atoms with Crippen LogP contribution in [0.3, 0.4) is 0 Å². The van der Waals surface area contributed by atoms with E-state index < -0.39 is 23.0 Å². The standard InChI is InChI=1S/C25H30Cl2N2O4/c1-15(2)21(28-22(31)16-5-10-19(27)20(30)13-16)23(32)29-12-11-25(33,24(3,4)14-29)17-6-8-18(26)9-7-17/h5-10,13,15,21,30,33H,11-12,14H2,1-4H3,(H,28,31)/t21-,25+/m1/s1. The Bertz CT molecular complexity index is 1040. The predicted octanol–water partition coefficient (Wildman–Crippen LogP) is 4.60. The van der Waals surface area contributed by atoms with E-state index >= 15 is 0 Å². The number of benzene rings is 2. The van der Waals surface area contributed by atoms with Gasteiger partial charge < -0.3 is 20.4 Å². The minimum atomic E-state index is -1.12. The average Bonchev–Trinajstić information content (AvgIpc) is 2.75. The Balaban J connectivity index is 1.77. The third-order valence-electron chi connectivity index (χ3n) is 6.51. The number of halogens is 2. The van der Waals surface area contributed by atoms with E-state index in [-0.39, 0.29) is 28.2 Å². The number of nitrogens with zero attached hydrogens (tertiary/aromatic N) is 1. The fourth-order valence-corrected chi connectivity index (χ4v) is 4.60. The van der Waals surface area contributed by atoms with Crippen LogP contribution in [0.4, 0.5) is 0 Å². The third-order valence-corrected chi connectivity index (χ3v) is 7.08. The summed E-state index contributed by atoms with van der Waals surface area (Å²) in [7, 11) is 0. The molecule has 2 aromatic carbocycles. The highest BCUT2D eigenvalue weighted by atomic mass is 35.5. The molecule has 1 fully saturated rings. The van der Waals surface area contributed by atoms with Crippen molar-refractivity contribution in [2.75, 3.05) is 13.1 Å². The number of hydrogen-bond acceptors (Lipinski definition) is 4. The summed E-state index contributed by atoms with van der Waals surface area (Å²) < 4.78 is 0. The average molecular weight is 493 g/mol. The second kappa shape index (κ2) is 9.53. The van der Waals surface area contributed by atoms with Gasteiger partial charge in [-0.3, -0.25) is 9.59 Å². The minimum Gasteiger partial charge on any atom is -0.506 e. The van der Waals surface area contributed by atoms with Gasteiger partial charge in [-0.2, -0.15) is 0 Å². The maximum Gasteiger partial charge on any atom is 0.252 e. The van der Waals surface area contributed by atoms with E-state index in [1.165, 1.54) is 18.2 Å². The number of carbonyl (C=O) groups excluding carboxylic acids is 2. The Morgan fingerprint density at radius 2 is 1.73 bits per heavy atom. The summed E-state index contributed by atoms with van der Waals surface area (Å²) >= 11 is 11.8. The van der Waals surface area contributed by atoms with Crippen LogP contribution in [0, 0.1) is 11.3 Å². The van der Waals surface area contributed by atoms with Crippen molar-refractivity contribution in [2.24, 2.45) is 11.3 Å². The van der Waals surface area contributed by atoms with Gasteiger partial charge in [0, 0.05) is 29.1 Å². The molecule has 2 amide bonds. The second-order valence-electron chi connectivity index (χ2n) is 9.62. The summed E-state index contributed by atoms with van der Waals surface area (Å²) in [6.45, 7) is 8.26. The third kappa shape index (κ3) is 5.13. The van der Waals surface area contributed by atoms with E-state index in [9.17, 15) is 19.8 Å². The highest BCUT2D eigenvalue weighted by Crippen LogP contribution is 2.46. The molecule has 0 spiro atoms. The van der Waals surface area contributed by atoms with Crippen molar-refractivity contribution >= 4 is 35.0 Å². The van der Waals surface area contributed by atoms with Gasteiger partial charge >= 0.3 is 0 Å². The summed E-state index contributed by atoms with van der Waals surface area (Å²) in [6, 6.07) is 10.6. The first-order valence-electron chi connectivity index (χ1n) is 10.9. The van der Waals surface area contributed by atoms with Crippen molar-refractivity contribution in [3.05, 3.63) is 63.6 Å². The van der Waals surface area contributed by atoms with Crippen LogP contribution in [0.2, 0.25) is 10.0 Å². The Hall–Kier alpha value is -2.28. The zero-order valence-corrected chi connectivity index (χ0v) is 20.7. The van der Waals surface area contributed by atoms with Crippen LogP contribution in [0.5, 0.6) is 5.75 Å². The normalized spacial score (nSPS) is 21.0. The van der Waals surface area contributed by atoms with E-state index in [1.807, 2.05) is 39.8 Å². The molecular formula is C25H30Cl2N2O4. The first-order valence-corrected chi connectivity index (χ1v) is 11.7. The summed E-state index contributed by atoms with van der Waals surface area (Å²) in [5.74, 6) is -1.04. The van der Waals surface area contributed by atoms with Gasteiger partial charge in [0.15, 0.2) is 0 Å². The molecule has 6 nitrogen and oxygen atoms in total. The molecule has 178 valence electrons. The second-order valence-corrected chi connectivity index (χ2v) is 10.5. The SMILES string of the molecule is CC(C)[C@@H](NC(=O)c1ccc(Cl)c(O)c1)C(=O)N1CC[C@](O)(c2ccc(Cl)cc2)C(C)(C)C1. The van der Waals surface area contributed by atoms with Crippen molar-refractivity contribution in [3.8, 4) is 5.75 Å². The molecule has 8 heteroatoms. The van der Waals surface area contributed by atoms with E-state index in [4.69, 9.17) is 23.2 Å². The predicted molar refractivity (Wildman–Crippen MR) is 130 cm³/mol. The number of amides is 2. The fourth-order valence-electron chi connectivity index (χ4n) is 4.36. The van der Waals surface area contributed by atoms with Gasteiger partial charge in [-0.25, -0.2) is 0 Å². The van der Waals surface area contributed by atoms with Gasteiger partial charge in [0.05, 0.1) is 10.6 Å². The number of phenols is 1. The van der Waals surface area contributed by atoms with Gasteiger partial charge in [-0.15, -0.1) is 0 Å². The fraction of sp³-hybridized carbons (Fsp3) is 0.440. The van der Waals surface area contributed by atoms with Crippen LogP contribution < -0.4 is 5.32 Å². The van der Waals surface area contributed by atoms with Crippen LogP contribution in [0.25, 0.3) is 0 Å².